The Bertz CT molecular complexity index is 551. The Kier molecular flexibility index (Phi) is 6.83. The molecule has 1 aliphatic rings. The van der Waals surface area contributed by atoms with Gasteiger partial charge in [0.1, 0.15) is 0 Å². The fraction of sp³-hybridized carbons (Fsp3) is 0.600. The number of hydrogen-bond donors (Lipinski definition) is 1. The van der Waals surface area contributed by atoms with Crippen LogP contribution < -0.4 is 5.32 Å². The average molecular weight is 330 g/mol. The topological polar surface area (TPSA) is 49.4 Å². The molecule has 1 atom stereocenters. The van der Waals surface area contributed by atoms with Crippen molar-refractivity contribution in [1.29, 1.82) is 0 Å². The van der Waals surface area contributed by atoms with Crippen molar-refractivity contribution in [3.05, 3.63) is 35.4 Å². The van der Waals surface area contributed by atoms with Crippen molar-refractivity contribution in [2.24, 2.45) is 5.92 Å². The highest BCUT2D eigenvalue weighted by molar-refractivity contribution is 5.94. The quantitative estimate of drug-likeness (QED) is 0.867. The number of benzene rings is 1. The van der Waals surface area contributed by atoms with E-state index in [0.29, 0.717) is 24.8 Å². The Morgan fingerprint density at radius 1 is 1.25 bits per heavy atom. The second-order valence-electron chi connectivity index (χ2n) is 7.09. The van der Waals surface area contributed by atoms with Gasteiger partial charge in [-0.3, -0.25) is 9.59 Å². The van der Waals surface area contributed by atoms with Gasteiger partial charge in [0.2, 0.25) is 5.91 Å². The van der Waals surface area contributed by atoms with Crippen LogP contribution in [0.5, 0.6) is 0 Å². The second-order valence-corrected chi connectivity index (χ2v) is 7.09. The molecule has 1 N–H and O–H groups in total. The van der Waals surface area contributed by atoms with E-state index in [1.54, 1.807) is 0 Å². The van der Waals surface area contributed by atoms with Gasteiger partial charge in [0.25, 0.3) is 5.91 Å². The van der Waals surface area contributed by atoms with Gasteiger partial charge in [0.05, 0.1) is 0 Å². The highest BCUT2D eigenvalue weighted by Gasteiger charge is 2.24. The Balaban J connectivity index is 1.91. The Morgan fingerprint density at radius 2 is 1.96 bits per heavy atom. The number of nitrogens with one attached hydrogen (secondary N) is 1. The summed E-state index contributed by atoms with van der Waals surface area (Å²) in [5.74, 6) is 1.05. The Morgan fingerprint density at radius 3 is 2.58 bits per heavy atom. The van der Waals surface area contributed by atoms with Gasteiger partial charge in [-0.05, 0) is 48.8 Å². The number of likely N-dealkylation sites (tertiary alicyclic amines) is 1. The van der Waals surface area contributed by atoms with Crippen molar-refractivity contribution in [2.45, 2.75) is 52.4 Å². The summed E-state index contributed by atoms with van der Waals surface area (Å²) in [5, 5.41) is 3.00. The summed E-state index contributed by atoms with van der Waals surface area (Å²) >= 11 is 0. The Labute approximate surface area is 145 Å². The van der Waals surface area contributed by atoms with E-state index in [1.165, 1.54) is 5.56 Å². The lowest BCUT2D eigenvalue weighted by Crippen LogP contribution is -2.43. The maximum absolute atomic E-state index is 12.7. The van der Waals surface area contributed by atoms with Crippen LogP contribution in [-0.4, -0.2) is 36.3 Å². The van der Waals surface area contributed by atoms with Gasteiger partial charge in [0, 0.05) is 31.6 Å². The van der Waals surface area contributed by atoms with E-state index in [2.05, 4.69) is 19.2 Å². The third kappa shape index (κ3) is 5.08. The normalized spacial score (nSPS) is 17.8. The first kappa shape index (κ1) is 18.5. The van der Waals surface area contributed by atoms with E-state index in [-0.39, 0.29) is 11.8 Å². The van der Waals surface area contributed by atoms with E-state index < -0.39 is 0 Å². The summed E-state index contributed by atoms with van der Waals surface area (Å²) in [6.45, 7) is 8.53. The number of carbonyl (C=O) groups excluding carboxylic acids is 2. The van der Waals surface area contributed by atoms with E-state index in [9.17, 15) is 9.59 Å². The van der Waals surface area contributed by atoms with Gasteiger partial charge >= 0.3 is 0 Å². The lowest BCUT2D eigenvalue weighted by atomic mass is 9.96. The minimum Gasteiger partial charge on any atom is -0.356 e. The van der Waals surface area contributed by atoms with Crippen LogP contribution in [0.4, 0.5) is 0 Å². The number of piperidine rings is 1. The molecule has 24 heavy (non-hydrogen) atoms. The lowest BCUT2D eigenvalue weighted by Gasteiger charge is -2.33. The van der Waals surface area contributed by atoms with Crippen molar-refractivity contribution < 1.29 is 9.59 Å². The first-order valence-electron chi connectivity index (χ1n) is 9.17. The molecule has 0 spiro atoms. The van der Waals surface area contributed by atoms with Crippen LogP contribution >= 0.6 is 0 Å². The molecule has 0 saturated carbocycles. The lowest BCUT2D eigenvalue weighted by molar-refractivity contribution is -0.121. The fourth-order valence-electron chi connectivity index (χ4n) is 3.18. The predicted octanol–water partition coefficient (Wildman–Crippen LogP) is 3.58. The summed E-state index contributed by atoms with van der Waals surface area (Å²) in [6.07, 6.45) is 3.53. The Hall–Kier alpha value is -1.84. The number of nitrogens with zero attached hydrogens (tertiary/aromatic N) is 1. The molecule has 1 aromatic carbocycles. The molecule has 1 fully saturated rings. The maximum Gasteiger partial charge on any atom is 0.253 e. The van der Waals surface area contributed by atoms with Gasteiger partial charge < -0.3 is 10.2 Å². The predicted molar refractivity (Wildman–Crippen MR) is 97.1 cm³/mol. The van der Waals surface area contributed by atoms with Crippen LogP contribution in [0, 0.1) is 5.92 Å². The molecular weight excluding hydrogens is 300 g/mol. The molecule has 1 saturated heterocycles. The molecule has 4 nitrogen and oxygen atoms in total. The summed E-state index contributed by atoms with van der Waals surface area (Å²) in [7, 11) is 0. The number of amides is 2. The molecule has 1 heterocycles. The molecule has 0 unspecified atom stereocenters. The van der Waals surface area contributed by atoms with E-state index in [0.717, 1.165) is 37.9 Å². The number of carbonyl (C=O) groups is 2. The molecule has 4 heteroatoms. The molecule has 0 aliphatic carbocycles. The SMILES string of the molecule is CCCC(=O)NC[C@H]1CCCN(C(=O)c2ccc(C(C)C)cc2)C1. The zero-order valence-corrected chi connectivity index (χ0v) is 15.2. The van der Waals surface area contributed by atoms with Crippen molar-refractivity contribution in [3.8, 4) is 0 Å². The van der Waals surface area contributed by atoms with Crippen LogP contribution in [0.15, 0.2) is 24.3 Å². The molecule has 1 aliphatic heterocycles. The molecule has 0 bridgehead atoms. The van der Waals surface area contributed by atoms with Crippen LogP contribution in [0.1, 0.15) is 68.3 Å². The second kappa shape index (κ2) is 8.86. The number of hydrogen-bond acceptors (Lipinski definition) is 2. The molecule has 1 aromatic rings. The fourth-order valence-corrected chi connectivity index (χ4v) is 3.18. The third-order valence-electron chi connectivity index (χ3n) is 4.70. The monoisotopic (exact) mass is 330 g/mol. The molecule has 0 radical (unpaired) electrons. The largest absolute Gasteiger partial charge is 0.356 e. The van der Waals surface area contributed by atoms with Gasteiger partial charge in [-0.1, -0.05) is 32.9 Å². The first-order chi connectivity index (χ1) is 11.5. The molecule has 132 valence electrons. The summed E-state index contributed by atoms with van der Waals surface area (Å²) in [6, 6.07) is 7.96. The minimum atomic E-state index is 0.106. The third-order valence-corrected chi connectivity index (χ3v) is 4.70. The van der Waals surface area contributed by atoms with Gasteiger partial charge in [-0.25, -0.2) is 0 Å². The standard InChI is InChI=1S/C20H30N2O2/c1-4-6-19(23)21-13-16-7-5-12-22(14-16)20(24)18-10-8-17(9-11-18)15(2)3/h8-11,15-16H,4-7,12-14H2,1-3H3,(H,21,23)/t16-/m1/s1. The van der Waals surface area contributed by atoms with Crippen molar-refractivity contribution in [3.63, 3.8) is 0 Å². The summed E-state index contributed by atoms with van der Waals surface area (Å²) < 4.78 is 0. The van der Waals surface area contributed by atoms with Crippen molar-refractivity contribution >= 4 is 11.8 Å². The molecule has 0 aromatic heterocycles. The highest BCUT2D eigenvalue weighted by atomic mass is 16.2. The van der Waals surface area contributed by atoms with Crippen molar-refractivity contribution in [2.75, 3.05) is 19.6 Å². The molecule has 2 rings (SSSR count). The maximum atomic E-state index is 12.7. The van der Waals surface area contributed by atoms with E-state index in [4.69, 9.17) is 0 Å². The van der Waals surface area contributed by atoms with Crippen LogP contribution in [0.3, 0.4) is 0 Å². The first-order valence-corrected chi connectivity index (χ1v) is 9.17. The summed E-state index contributed by atoms with van der Waals surface area (Å²) in [5.41, 5.74) is 2.01. The highest BCUT2D eigenvalue weighted by Crippen LogP contribution is 2.20. The van der Waals surface area contributed by atoms with Gasteiger partial charge in [-0.2, -0.15) is 0 Å². The van der Waals surface area contributed by atoms with Crippen LogP contribution in [0.2, 0.25) is 0 Å². The zero-order chi connectivity index (χ0) is 17.5. The van der Waals surface area contributed by atoms with Crippen LogP contribution in [0.25, 0.3) is 0 Å². The molecular formula is C20H30N2O2. The van der Waals surface area contributed by atoms with Crippen LogP contribution in [-0.2, 0) is 4.79 Å². The van der Waals surface area contributed by atoms with E-state index in [1.807, 2.05) is 36.1 Å². The summed E-state index contributed by atoms with van der Waals surface area (Å²) in [4.78, 5) is 26.3. The van der Waals surface area contributed by atoms with Crippen molar-refractivity contribution in [1.82, 2.24) is 10.2 Å². The van der Waals surface area contributed by atoms with Gasteiger partial charge in [0.15, 0.2) is 0 Å². The number of rotatable bonds is 6. The minimum absolute atomic E-state index is 0.106. The molecule has 2 amide bonds. The van der Waals surface area contributed by atoms with Gasteiger partial charge in [-0.15, -0.1) is 0 Å². The van der Waals surface area contributed by atoms with E-state index >= 15 is 0 Å². The average Bonchev–Trinajstić information content (AvgIpc) is 2.60. The smallest absolute Gasteiger partial charge is 0.253 e. The zero-order valence-electron chi connectivity index (χ0n) is 15.2.